The molecule has 0 amide bonds. The lowest BCUT2D eigenvalue weighted by Crippen LogP contribution is -2.52. The number of morpholine rings is 1. The molecule has 1 heterocycles. The first-order valence-corrected chi connectivity index (χ1v) is 4.60. The SMILES string of the molecule is CCC1(CC)CNC(C)CO1. The molecular formula is C9H19NO. The topological polar surface area (TPSA) is 21.3 Å². The zero-order valence-electron chi connectivity index (χ0n) is 7.81. The highest BCUT2D eigenvalue weighted by molar-refractivity contribution is 4.85. The molecule has 1 rings (SSSR count). The molecule has 66 valence electrons. The van der Waals surface area contributed by atoms with E-state index in [0.717, 1.165) is 26.0 Å². The lowest BCUT2D eigenvalue weighted by atomic mass is 9.95. The summed E-state index contributed by atoms with van der Waals surface area (Å²) >= 11 is 0. The van der Waals surface area contributed by atoms with Crippen LogP contribution in [-0.2, 0) is 4.74 Å². The van der Waals surface area contributed by atoms with Crippen molar-refractivity contribution in [2.24, 2.45) is 0 Å². The van der Waals surface area contributed by atoms with Gasteiger partial charge in [-0.2, -0.15) is 0 Å². The van der Waals surface area contributed by atoms with Gasteiger partial charge in [0.25, 0.3) is 0 Å². The molecule has 1 atom stereocenters. The molecule has 1 unspecified atom stereocenters. The molecular weight excluding hydrogens is 138 g/mol. The molecule has 2 heteroatoms. The first kappa shape index (κ1) is 9.01. The fourth-order valence-corrected chi connectivity index (χ4v) is 1.48. The lowest BCUT2D eigenvalue weighted by molar-refractivity contribution is -0.0847. The van der Waals surface area contributed by atoms with Gasteiger partial charge >= 0.3 is 0 Å². The zero-order chi connectivity index (χ0) is 8.32. The van der Waals surface area contributed by atoms with Crippen molar-refractivity contribution in [3.8, 4) is 0 Å². The van der Waals surface area contributed by atoms with Crippen LogP contribution < -0.4 is 5.32 Å². The van der Waals surface area contributed by atoms with E-state index in [1.54, 1.807) is 0 Å². The minimum absolute atomic E-state index is 0.131. The van der Waals surface area contributed by atoms with E-state index < -0.39 is 0 Å². The fourth-order valence-electron chi connectivity index (χ4n) is 1.48. The second-order valence-electron chi connectivity index (χ2n) is 3.48. The molecule has 0 bridgehead atoms. The number of hydrogen-bond acceptors (Lipinski definition) is 2. The van der Waals surface area contributed by atoms with Crippen molar-refractivity contribution in [1.82, 2.24) is 5.32 Å². The Bertz CT molecular complexity index is 111. The number of rotatable bonds is 2. The van der Waals surface area contributed by atoms with Crippen LogP contribution in [0.4, 0.5) is 0 Å². The third-order valence-corrected chi connectivity index (χ3v) is 2.70. The van der Waals surface area contributed by atoms with Gasteiger partial charge in [0.2, 0.25) is 0 Å². The fraction of sp³-hybridized carbons (Fsp3) is 1.00. The maximum atomic E-state index is 5.81. The van der Waals surface area contributed by atoms with E-state index in [9.17, 15) is 0 Å². The Morgan fingerprint density at radius 1 is 1.45 bits per heavy atom. The molecule has 0 aliphatic carbocycles. The standard InChI is InChI=1S/C9H19NO/c1-4-9(5-2)7-10-8(3)6-11-9/h8,10H,4-7H2,1-3H3. The Morgan fingerprint density at radius 3 is 2.45 bits per heavy atom. The lowest BCUT2D eigenvalue weighted by Gasteiger charge is -2.39. The highest BCUT2D eigenvalue weighted by Crippen LogP contribution is 2.22. The van der Waals surface area contributed by atoms with E-state index in [1.165, 1.54) is 0 Å². The van der Waals surface area contributed by atoms with Crippen LogP contribution in [0, 0.1) is 0 Å². The Kier molecular flexibility index (Phi) is 2.90. The predicted octanol–water partition coefficient (Wildman–Crippen LogP) is 1.55. The van der Waals surface area contributed by atoms with E-state index in [4.69, 9.17) is 4.74 Å². The Hall–Kier alpha value is -0.0800. The first-order chi connectivity index (χ1) is 5.22. The van der Waals surface area contributed by atoms with Gasteiger partial charge in [-0.15, -0.1) is 0 Å². The summed E-state index contributed by atoms with van der Waals surface area (Å²) < 4.78 is 5.81. The molecule has 1 saturated heterocycles. The first-order valence-electron chi connectivity index (χ1n) is 4.60. The average Bonchev–Trinajstić information content (AvgIpc) is 2.07. The average molecular weight is 157 g/mol. The third kappa shape index (κ3) is 1.94. The van der Waals surface area contributed by atoms with Gasteiger partial charge in [-0.05, 0) is 19.8 Å². The third-order valence-electron chi connectivity index (χ3n) is 2.70. The van der Waals surface area contributed by atoms with E-state index >= 15 is 0 Å². The molecule has 0 aromatic heterocycles. The smallest absolute Gasteiger partial charge is 0.0801 e. The molecule has 11 heavy (non-hydrogen) atoms. The minimum Gasteiger partial charge on any atom is -0.372 e. The Morgan fingerprint density at radius 2 is 2.09 bits per heavy atom. The predicted molar refractivity (Wildman–Crippen MR) is 46.7 cm³/mol. The van der Waals surface area contributed by atoms with Crippen LogP contribution in [0.25, 0.3) is 0 Å². The molecule has 1 aliphatic heterocycles. The van der Waals surface area contributed by atoms with Crippen LogP contribution in [-0.4, -0.2) is 24.8 Å². The van der Waals surface area contributed by atoms with Crippen molar-refractivity contribution in [3.63, 3.8) is 0 Å². The Balaban J connectivity index is 2.45. The normalized spacial score (nSPS) is 30.3. The number of ether oxygens (including phenoxy) is 1. The van der Waals surface area contributed by atoms with E-state index in [2.05, 4.69) is 26.1 Å². The molecule has 2 nitrogen and oxygen atoms in total. The van der Waals surface area contributed by atoms with E-state index in [0.29, 0.717) is 6.04 Å². The molecule has 0 aromatic carbocycles. The van der Waals surface area contributed by atoms with Crippen molar-refractivity contribution in [1.29, 1.82) is 0 Å². The van der Waals surface area contributed by atoms with Crippen molar-refractivity contribution < 1.29 is 4.74 Å². The maximum absolute atomic E-state index is 5.81. The highest BCUT2D eigenvalue weighted by Gasteiger charge is 2.31. The van der Waals surface area contributed by atoms with Gasteiger partial charge in [0.05, 0.1) is 12.2 Å². The molecule has 1 fully saturated rings. The van der Waals surface area contributed by atoms with Crippen molar-refractivity contribution in [2.45, 2.75) is 45.3 Å². The minimum atomic E-state index is 0.131. The summed E-state index contributed by atoms with van der Waals surface area (Å²) in [6.45, 7) is 8.43. The van der Waals surface area contributed by atoms with Crippen molar-refractivity contribution >= 4 is 0 Å². The summed E-state index contributed by atoms with van der Waals surface area (Å²) in [5, 5.41) is 3.45. The van der Waals surface area contributed by atoms with Crippen molar-refractivity contribution in [3.05, 3.63) is 0 Å². The van der Waals surface area contributed by atoms with Gasteiger partial charge in [-0.25, -0.2) is 0 Å². The van der Waals surface area contributed by atoms with Gasteiger partial charge in [0.15, 0.2) is 0 Å². The van der Waals surface area contributed by atoms with E-state index in [-0.39, 0.29) is 5.60 Å². The summed E-state index contributed by atoms with van der Waals surface area (Å²) in [4.78, 5) is 0. The van der Waals surface area contributed by atoms with Gasteiger partial charge < -0.3 is 10.1 Å². The molecule has 0 spiro atoms. The van der Waals surface area contributed by atoms with Gasteiger partial charge in [-0.3, -0.25) is 0 Å². The second-order valence-corrected chi connectivity index (χ2v) is 3.48. The molecule has 0 saturated carbocycles. The van der Waals surface area contributed by atoms with Gasteiger partial charge in [0.1, 0.15) is 0 Å². The number of hydrogen-bond donors (Lipinski definition) is 1. The summed E-state index contributed by atoms with van der Waals surface area (Å²) in [6, 6.07) is 0.529. The molecule has 1 aliphatic rings. The molecule has 0 aromatic rings. The van der Waals surface area contributed by atoms with Gasteiger partial charge in [-0.1, -0.05) is 13.8 Å². The van der Waals surface area contributed by atoms with Gasteiger partial charge in [0, 0.05) is 12.6 Å². The van der Waals surface area contributed by atoms with Crippen LogP contribution in [0.5, 0.6) is 0 Å². The summed E-state index contributed by atoms with van der Waals surface area (Å²) in [7, 11) is 0. The zero-order valence-corrected chi connectivity index (χ0v) is 7.81. The second kappa shape index (κ2) is 3.55. The largest absolute Gasteiger partial charge is 0.372 e. The van der Waals surface area contributed by atoms with Crippen LogP contribution in [0.2, 0.25) is 0 Å². The monoisotopic (exact) mass is 157 g/mol. The molecule has 1 N–H and O–H groups in total. The summed E-state index contributed by atoms with van der Waals surface area (Å²) in [5.74, 6) is 0. The van der Waals surface area contributed by atoms with Crippen LogP contribution in [0.1, 0.15) is 33.6 Å². The highest BCUT2D eigenvalue weighted by atomic mass is 16.5. The van der Waals surface area contributed by atoms with Crippen LogP contribution in [0.15, 0.2) is 0 Å². The van der Waals surface area contributed by atoms with Crippen LogP contribution in [0.3, 0.4) is 0 Å². The van der Waals surface area contributed by atoms with E-state index in [1.807, 2.05) is 0 Å². The van der Waals surface area contributed by atoms with Crippen LogP contribution >= 0.6 is 0 Å². The Labute approximate surface area is 69.3 Å². The maximum Gasteiger partial charge on any atom is 0.0801 e. The summed E-state index contributed by atoms with van der Waals surface area (Å²) in [6.07, 6.45) is 2.23. The van der Waals surface area contributed by atoms with Crippen molar-refractivity contribution in [2.75, 3.05) is 13.2 Å². The number of nitrogens with one attached hydrogen (secondary N) is 1. The summed E-state index contributed by atoms with van der Waals surface area (Å²) in [5.41, 5.74) is 0.131. The quantitative estimate of drug-likeness (QED) is 0.656. The molecule has 0 radical (unpaired) electrons.